The molecule has 49 heavy (non-hydrogen) atoms. The highest BCUT2D eigenvalue weighted by Crippen LogP contribution is 2.47. The molecule has 6 aromatic carbocycles. The topological polar surface area (TPSA) is 43.6 Å². The fourth-order valence-corrected chi connectivity index (χ4v) is 8.32. The van der Waals surface area contributed by atoms with Crippen LogP contribution in [0.25, 0.3) is 94.7 Å². The first-order valence-corrected chi connectivity index (χ1v) is 17.2. The first-order chi connectivity index (χ1) is 24.2. The lowest BCUT2D eigenvalue weighted by atomic mass is 9.98. The molecular weight excluding hydrogens is 617 g/mol. The molecular formula is C44H30N4S. The van der Waals surface area contributed by atoms with Crippen LogP contribution in [0.5, 0.6) is 0 Å². The van der Waals surface area contributed by atoms with E-state index in [9.17, 15) is 0 Å². The molecule has 9 rings (SSSR count). The Bertz CT molecular complexity index is 2660. The van der Waals surface area contributed by atoms with Crippen molar-refractivity contribution in [2.45, 2.75) is 6.92 Å². The van der Waals surface area contributed by atoms with E-state index in [4.69, 9.17) is 15.0 Å². The van der Waals surface area contributed by atoms with E-state index in [0.29, 0.717) is 17.5 Å². The highest BCUT2D eigenvalue weighted by atomic mass is 32.1. The molecule has 0 unspecified atom stereocenters. The Morgan fingerprint density at radius 1 is 0.571 bits per heavy atom. The van der Waals surface area contributed by atoms with Gasteiger partial charge in [-0.2, -0.15) is 0 Å². The summed E-state index contributed by atoms with van der Waals surface area (Å²) in [5.41, 5.74) is 7.47. The van der Waals surface area contributed by atoms with Crippen molar-refractivity contribution in [3.05, 3.63) is 157 Å². The van der Waals surface area contributed by atoms with Gasteiger partial charge in [-0.25, -0.2) is 15.0 Å². The van der Waals surface area contributed by atoms with E-state index in [1.165, 1.54) is 53.1 Å². The minimum atomic E-state index is 0.639. The molecule has 0 atom stereocenters. The maximum Gasteiger partial charge on any atom is 0.164 e. The average molecular weight is 647 g/mol. The lowest BCUT2D eigenvalue weighted by molar-refractivity contribution is 1.07. The molecule has 0 saturated carbocycles. The molecule has 0 saturated heterocycles. The van der Waals surface area contributed by atoms with E-state index in [-0.39, 0.29) is 0 Å². The second-order valence-electron chi connectivity index (χ2n) is 12.0. The van der Waals surface area contributed by atoms with Crippen LogP contribution in [-0.2, 0) is 0 Å². The third-order valence-corrected chi connectivity index (χ3v) is 10.3. The number of benzene rings is 6. The van der Waals surface area contributed by atoms with E-state index in [1.807, 2.05) is 78.1 Å². The van der Waals surface area contributed by atoms with Crippen LogP contribution in [0.15, 0.2) is 146 Å². The maximum atomic E-state index is 4.96. The van der Waals surface area contributed by atoms with Crippen LogP contribution < -0.4 is 0 Å². The van der Waals surface area contributed by atoms with Gasteiger partial charge < -0.3 is 4.57 Å². The van der Waals surface area contributed by atoms with Gasteiger partial charge in [-0.3, -0.25) is 0 Å². The van der Waals surface area contributed by atoms with Crippen LogP contribution in [0.3, 0.4) is 0 Å². The number of aromatic nitrogens is 4. The highest BCUT2D eigenvalue weighted by Gasteiger charge is 2.22. The summed E-state index contributed by atoms with van der Waals surface area (Å²) in [5.74, 6) is 1.94. The molecule has 3 heterocycles. The van der Waals surface area contributed by atoms with Crippen molar-refractivity contribution in [2.24, 2.45) is 0 Å². The standard InChI is InChI=1S/C44H30N4S/c1-3-15-37-32(4-2)39-34-21-12-11-20-33(34)38-35-22-13-14-23-36(35)48(40(38)41(39)49-37)31-26-24-30(25-27-31)44-46-42(28-16-7-5-8-17-28)45-43(47-44)29-18-9-6-10-19-29/h3-27H,2H2,1H3/b15-3-. The second kappa shape index (κ2) is 11.8. The van der Waals surface area contributed by atoms with Gasteiger partial charge in [0.15, 0.2) is 17.5 Å². The van der Waals surface area contributed by atoms with Crippen LogP contribution in [-0.4, -0.2) is 19.5 Å². The predicted molar refractivity (Wildman–Crippen MR) is 208 cm³/mol. The Balaban J connectivity index is 1.29. The monoisotopic (exact) mass is 646 g/mol. The van der Waals surface area contributed by atoms with Gasteiger partial charge in [0, 0.05) is 49.0 Å². The molecule has 0 amide bonds. The number of para-hydroxylation sites is 1. The summed E-state index contributed by atoms with van der Waals surface area (Å²) in [4.78, 5) is 16.0. The minimum absolute atomic E-state index is 0.639. The number of rotatable bonds is 6. The molecule has 3 aromatic heterocycles. The third kappa shape index (κ3) is 4.70. The van der Waals surface area contributed by atoms with Crippen LogP contribution in [0.2, 0.25) is 0 Å². The van der Waals surface area contributed by atoms with Crippen molar-refractivity contribution >= 4 is 66.2 Å². The Labute approximate surface area is 288 Å². The van der Waals surface area contributed by atoms with Crippen molar-refractivity contribution in [1.82, 2.24) is 19.5 Å². The summed E-state index contributed by atoms with van der Waals surface area (Å²) >= 11 is 1.83. The maximum absolute atomic E-state index is 4.96. The molecule has 0 aliphatic heterocycles. The number of hydrogen-bond donors (Lipinski definition) is 0. The van der Waals surface area contributed by atoms with Crippen molar-refractivity contribution in [3.8, 4) is 39.9 Å². The summed E-state index contributed by atoms with van der Waals surface area (Å²) in [6.45, 7) is 6.32. The van der Waals surface area contributed by atoms with Gasteiger partial charge in [0.25, 0.3) is 0 Å². The van der Waals surface area contributed by atoms with Crippen molar-refractivity contribution in [3.63, 3.8) is 0 Å². The molecule has 9 aromatic rings. The molecule has 0 bridgehead atoms. The first-order valence-electron chi connectivity index (χ1n) is 16.4. The minimum Gasteiger partial charge on any atom is -0.308 e. The second-order valence-corrected chi connectivity index (χ2v) is 13.0. The highest BCUT2D eigenvalue weighted by molar-refractivity contribution is 7.21. The van der Waals surface area contributed by atoms with Gasteiger partial charge in [-0.05, 0) is 54.1 Å². The number of fused-ring (bicyclic) bond motifs is 8. The largest absolute Gasteiger partial charge is 0.308 e. The third-order valence-electron chi connectivity index (χ3n) is 9.13. The molecule has 4 nitrogen and oxygen atoms in total. The molecule has 0 N–H and O–H groups in total. The molecule has 0 fully saturated rings. The molecule has 0 aliphatic carbocycles. The van der Waals surface area contributed by atoms with E-state index in [1.54, 1.807) is 0 Å². The Hall–Kier alpha value is -6.17. The Morgan fingerprint density at radius 3 is 1.65 bits per heavy atom. The normalized spacial score (nSPS) is 11.8. The van der Waals surface area contributed by atoms with Gasteiger partial charge in [-0.1, -0.05) is 122 Å². The fraction of sp³-hybridized carbons (Fsp3) is 0.0227. The zero-order valence-corrected chi connectivity index (χ0v) is 27.7. The smallest absolute Gasteiger partial charge is 0.164 e. The zero-order chi connectivity index (χ0) is 32.9. The quantitative estimate of drug-likeness (QED) is 0.181. The molecule has 0 spiro atoms. The van der Waals surface area contributed by atoms with Gasteiger partial charge in [0.1, 0.15) is 0 Å². The summed E-state index contributed by atoms with van der Waals surface area (Å²) in [5, 5.41) is 6.26. The fourth-order valence-electron chi connectivity index (χ4n) is 6.99. The number of thiophene rings is 1. The average Bonchev–Trinajstić information content (AvgIpc) is 3.72. The van der Waals surface area contributed by atoms with Crippen molar-refractivity contribution < 1.29 is 0 Å². The van der Waals surface area contributed by atoms with E-state index in [0.717, 1.165) is 22.4 Å². The lowest BCUT2D eigenvalue weighted by Gasteiger charge is -2.12. The number of nitrogens with zero attached hydrogens (tertiary/aromatic N) is 4. The van der Waals surface area contributed by atoms with Gasteiger partial charge in [0.05, 0.1) is 15.7 Å². The number of allylic oxidation sites excluding steroid dienone is 1. The van der Waals surface area contributed by atoms with Gasteiger partial charge in [-0.15, -0.1) is 11.3 Å². The van der Waals surface area contributed by atoms with Gasteiger partial charge in [0.2, 0.25) is 0 Å². The molecule has 0 radical (unpaired) electrons. The predicted octanol–water partition coefficient (Wildman–Crippen LogP) is 12.0. The number of hydrogen-bond acceptors (Lipinski definition) is 4. The van der Waals surface area contributed by atoms with Crippen LogP contribution >= 0.6 is 11.3 Å². The Morgan fingerprint density at radius 2 is 1.08 bits per heavy atom. The molecule has 0 aliphatic rings. The van der Waals surface area contributed by atoms with Crippen molar-refractivity contribution in [1.29, 1.82) is 0 Å². The molecule has 5 heteroatoms. The summed E-state index contributed by atoms with van der Waals surface area (Å²) in [7, 11) is 0. The lowest BCUT2D eigenvalue weighted by Crippen LogP contribution is -2.00. The van der Waals surface area contributed by atoms with Crippen LogP contribution in [0.1, 0.15) is 17.4 Å². The zero-order valence-electron chi connectivity index (χ0n) is 26.8. The summed E-state index contributed by atoms with van der Waals surface area (Å²) < 4.78 is 3.68. The van der Waals surface area contributed by atoms with Crippen LogP contribution in [0.4, 0.5) is 0 Å². The summed E-state index contributed by atoms with van der Waals surface area (Å²) in [6.07, 6.45) is 6.32. The SMILES string of the molecule is C=Cc1c(/C=C\C)sc2c1c1ccccc1c1c3ccccc3n(-c3ccc(-c4nc(-c5ccccc5)nc(-c5ccccc5)n4)cc3)c21. The molecule has 232 valence electrons. The Kier molecular flexibility index (Phi) is 6.99. The van der Waals surface area contributed by atoms with Crippen molar-refractivity contribution in [2.75, 3.05) is 0 Å². The van der Waals surface area contributed by atoms with Crippen LogP contribution in [0, 0.1) is 0 Å². The summed E-state index contributed by atoms with van der Waals surface area (Å²) in [6, 6.07) is 46.3. The van der Waals surface area contributed by atoms with Gasteiger partial charge >= 0.3 is 0 Å². The van der Waals surface area contributed by atoms with E-state index < -0.39 is 0 Å². The van der Waals surface area contributed by atoms with E-state index >= 15 is 0 Å². The van der Waals surface area contributed by atoms with E-state index in [2.05, 4.69) is 103 Å². The first kappa shape index (κ1) is 29.0.